The first-order valence-electron chi connectivity index (χ1n) is 8.23. The molecular weight excluding hydrogens is 303 g/mol. The van der Waals surface area contributed by atoms with Gasteiger partial charge in [0.2, 0.25) is 0 Å². The number of halogens is 1. The van der Waals surface area contributed by atoms with Crippen LogP contribution in [0.3, 0.4) is 0 Å². The van der Waals surface area contributed by atoms with Crippen molar-refractivity contribution in [1.29, 1.82) is 0 Å². The van der Waals surface area contributed by atoms with E-state index < -0.39 is 5.60 Å². The molecule has 1 N–H and O–H groups in total. The number of pyridine rings is 1. The van der Waals surface area contributed by atoms with Gasteiger partial charge in [-0.05, 0) is 48.7 Å². The Kier molecular flexibility index (Phi) is 3.69. The molecule has 1 aromatic heterocycles. The largest absolute Gasteiger partial charge is 0.385 e. The quantitative estimate of drug-likeness (QED) is 0.778. The Balaban J connectivity index is 1.53. The van der Waals surface area contributed by atoms with E-state index >= 15 is 0 Å². The molecule has 0 bridgehead atoms. The van der Waals surface area contributed by atoms with Gasteiger partial charge in [0.25, 0.3) is 0 Å². The van der Waals surface area contributed by atoms with E-state index in [0.29, 0.717) is 12.8 Å². The summed E-state index contributed by atoms with van der Waals surface area (Å²) in [4.78, 5) is 6.92. The van der Waals surface area contributed by atoms with Gasteiger partial charge in [0, 0.05) is 18.5 Å². The molecule has 3 nitrogen and oxygen atoms in total. The second kappa shape index (κ2) is 5.87. The van der Waals surface area contributed by atoms with Crippen molar-refractivity contribution in [3.05, 3.63) is 72.0 Å². The third kappa shape index (κ3) is 2.74. The van der Waals surface area contributed by atoms with Gasteiger partial charge in [0.15, 0.2) is 0 Å². The molecule has 4 rings (SSSR count). The standard InChI is InChI=1S/C20H19FN2O/c21-17-8-6-16(7-9-17)20(24)11-13-23(14-12-20)19-10-5-15-3-1-2-4-18(15)22-19/h1-10,24H,11-14H2. The van der Waals surface area contributed by atoms with Crippen LogP contribution in [0, 0.1) is 5.82 Å². The van der Waals surface area contributed by atoms with E-state index in [9.17, 15) is 9.50 Å². The van der Waals surface area contributed by atoms with Crippen LogP contribution < -0.4 is 4.90 Å². The van der Waals surface area contributed by atoms with Gasteiger partial charge >= 0.3 is 0 Å². The van der Waals surface area contributed by atoms with Crippen molar-refractivity contribution in [2.45, 2.75) is 18.4 Å². The molecule has 0 aliphatic carbocycles. The van der Waals surface area contributed by atoms with Crippen LogP contribution in [0.5, 0.6) is 0 Å². The lowest BCUT2D eigenvalue weighted by atomic mass is 9.84. The Hall–Kier alpha value is -2.46. The minimum absolute atomic E-state index is 0.278. The molecule has 1 fully saturated rings. The van der Waals surface area contributed by atoms with Gasteiger partial charge in [-0.25, -0.2) is 9.37 Å². The molecule has 2 aromatic carbocycles. The maximum absolute atomic E-state index is 13.1. The summed E-state index contributed by atoms with van der Waals surface area (Å²) < 4.78 is 13.1. The van der Waals surface area contributed by atoms with Gasteiger partial charge in [-0.3, -0.25) is 0 Å². The van der Waals surface area contributed by atoms with Crippen molar-refractivity contribution in [2.75, 3.05) is 18.0 Å². The summed E-state index contributed by atoms with van der Waals surface area (Å²) in [6.07, 6.45) is 1.21. The summed E-state index contributed by atoms with van der Waals surface area (Å²) in [7, 11) is 0. The van der Waals surface area contributed by atoms with Gasteiger partial charge in [-0.1, -0.05) is 30.3 Å². The maximum Gasteiger partial charge on any atom is 0.129 e. The molecule has 122 valence electrons. The van der Waals surface area contributed by atoms with Crippen molar-refractivity contribution in [3.8, 4) is 0 Å². The van der Waals surface area contributed by atoms with Crippen molar-refractivity contribution in [2.24, 2.45) is 0 Å². The predicted molar refractivity (Wildman–Crippen MR) is 93.5 cm³/mol. The lowest BCUT2D eigenvalue weighted by molar-refractivity contribution is 0.0116. The molecule has 0 radical (unpaired) electrons. The Morgan fingerprint density at radius 2 is 1.62 bits per heavy atom. The second-order valence-electron chi connectivity index (χ2n) is 6.39. The van der Waals surface area contributed by atoms with Crippen LogP contribution >= 0.6 is 0 Å². The fraction of sp³-hybridized carbons (Fsp3) is 0.250. The lowest BCUT2D eigenvalue weighted by Gasteiger charge is -2.39. The number of benzene rings is 2. The monoisotopic (exact) mass is 322 g/mol. The molecule has 4 heteroatoms. The fourth-order valence-corrected chi connectivity index (χ4v) is 3.39. The van der Waals surface area contributed by atoms with E-state index in [0.717, 1.165) is 35.4 Å². The Morgan fingerprint density at radius 3 is 2.38 bits per heavy atom. The fourth-order valence-electron chi connectivity index (χ4n) is 3.39. The van der Waals surface area contributed by atoms with Crippen LogP contribution in [-0.2, 0) is 5.60 Å². The highest BCUT2D eigenvalue weighted by Crippen LogP contribution is 2.34. The van der Waals surface area contributed by atoms with E-state index in [4.69, 9.17) is 4.98 Å². The first kappa shape index (κ1) is 15.1. The zero-order valence-electron chi connectivity index (χ0n) is 13.3. The number of hydrogen-bond donors (Lipinski definition) is 1. The first-order chi connectivity index (χ1) is 11.6. The summed E-state index contributed by atoms with van der Waals surface area (Å²) in [6.45, 7) is 1.44. The molecule has 0 atom stereocenters. The lowest BCUT2D eigenvalue weighted by Crippen LogP contribution is -2.43. The number of anilines is 1. The highest BCUT2D eigenvalue weighted by Gasteiger charge is 2.34. The van der Waals surface area contributed by atoms with E-state index in [1.54, 1.807) is 12.1 Å². The topological polar surface area (TPSA) is 36.4 Å². The minimum atomic E-state index is -0.888. The van der Waals surface area contributed by atoms with Crippen LogP contribution in [-0.4, -0.2) is 23.2 Å². The van der Waals surface area contributed by atoms with Gasteiger partial charge in [0.1, 0.15) is 11.6 Å². The predicted octanol–water partition coefficient (Wildman–Crippen LogP) is 3.86. The molecule has 0 amide bonds. The third-order valence-electron chi connectivity index (χ3n) is 4.88. The van der Waals surface area contributed by atoms with Crippen molar-refractivity contribution >= 4 is 16.7 Å². The average Bonchev–Trinajstić information content (AvgIpc) is 2.62. The van der Waals surface area contributed by atoms with Crippen molar-refractivity contribution < 1.29 is 9.50 Å². The number of piperidine rings is 1. The second-order valence-corrected chi connectivity index (χ2v) is 6.39. The highest BCUT2D eigenvalue weighted by molar-refractivity contribution is 5.80. The highest BCUT2D eigenvalue weighted by atomic mass is 19.1. The van der Waals surface area contributed by atoms with Crippen LogP contribution in [0.2, 0.25) is 0 Å². The zero-order valence-corrected chi connectivity index (χ0v) is 13.3. The summed E-state index contributed by atoms with van der Waals surface area (Å²) in [5, 5.41) is 12.0. The summed E-state index contributed by atoms with van der Waals surface area (Å²) in [5.41, 5.74) is 0.880. The summed E-state index contributed by atoms with van der Waals surface area (Å²) in [6, 6.07) is 18.3. The maximum atomic E-state index is 13.1. The van der Waals surface area contributed by atoms with Crippen LogP contribution in [0.15, 0.2) is 60.7 Å². The van der Waals surface area contributed by atoms with E-state index in [1.165, 1.54) is 12.1 Å². The number of para-hydroxylation sites is 1. The van der Waals surface area contributed by atoms with Crippen molar-refractivity contribution in [3.63, 3.8) is 0 Å². The summed E-state index contributed by atoms with van der Waals surface area (Å²) in [5.74, 6) is 0.662. The smallest absolute Gasteiger partial charge is 0.129 e. The molecular formula is C20H19FN2O. The average molecular weight is 322 g/mol. The van der Waals surface area contributed by atoms with Crippen molar-refractivity contribution in [1.82, 2.24) is 4.98 Å². The van der Waals surface area contributed by atoms with Crippen LogP contribution in [0.25, 0.3) is 10.9 Å². The molecule has 0 unspecified atom stereocenters. The molecule has 1 saturated heterocycles. The molecule has 1 aliphatic rings. The normalized spacial score (nSPS) is 17.2. The number of fused-ring (bicyclic) bond motifs is 1. The molecule has 3 aromatic rings. The van der Waals surface area contributed by atoms with Crippen LogP contribution in [0.1, 0.15) is 18.4 Å². The summed E-state index contributed by atoms with van der Waals surface area (Å²) >= 11 is 0. The van der Waals surface area contributed by atoms with E-state index in [-0.39, 0.29) is 5.82 Å². The first-order valence-corrected chi connectivity index (χ1v) is 8.23. The van der Waals surface area contributed by atoms with Gasteiger partial charge in [-0.15, -0.1) is 0 Å². The Labute approximate surface area is 140 Å². The number of hydrogen-bond acceptors (Lipinski definition) is 3. The Bertz CT molecular complexity index is 855. The molecule has 24 heavy (non-hydrogen) atoms. The molecule has 0 spiro atoms. The number of nitrogens with zero attached hydrogens (tertiary/aromatic N) is 2. The van der Waals surface area contributed by atoms with E-state index in [1.807, 2.05) is 24.3 Å². The minimum Gasteiger partial charge on any atom is -0.385 e. The van der Waals surface area contributed by atoms with Gasteiger partial charge in [-0.2, -0.15) is 0 Å². The number of aromatic nitrogens is 1. The molecule has 1 aliphatic heterocycles. The zero-order chi connectivity index (χ0) is 16.6. The SMILES string of the molecule is OC1(c2ccc(F)cc2)CCN(c2ccc3ccccc3n2)CC1. The van der Waals surface area contributed by atoms with Crippen LogP contribution in [0.4, 0.5) is 10.2 Å². The van der Waals surface area contributed by atoms with Gasteiger partial charge < -0.3 is 10.0 Å². The van der Waals surface area contributed by atoms with Gasteiger partial charge in [0.05, 0.1) is 11.1 Å². The molecule has 0 saturated carbocycles. The third-order valence-corrected chi connectivity index (χ3v) is 4.88. The number of aliphatic hydroxyl groups is 1. The Morgan fingerprint density at radius 1 is 0.917 bits per heavy atom. The molecule has 2 heterocycles. The van der Waals surface area contributed by atoms with E-state index in [2.05, 4.69) is 17.0 Å². The number of rotatable bonds is 2.